The molecule has 1 amide bonds. The number of aromatic nitrogens is 3. The van der Waals surface area contributed by atoms with Gasteiger partial charge in [-0.15, -0.1) is 11.6 Å². The first-order valence-corrected chi connectivity index (χ1v) is 5.85. The van der Waals surface area contributed by atoms with Gasteiger partial charge >= 0.3 is 0 Å². The zero-order valence-corrected chi connectivity index (χ0v) is 10.2. The molecular weight excluding hydrogens is 240 g/mol. The number of fused-ring (bicyclic) bond motifs is 1. The molecule has 2 aromatic rings. The third-order valence-corrected chi connectivity index (χ3v) is 2.83. The lowest BCUT2D eigenvalue weighted by molar-refractivity contribution is -0.120. The van der Waals surface area contributed by atoms with Crippen LogP contribution in [0.1, 0.15) is 18.8 Å². The van der Waals surface area contributed by atoms with Crippen LogP contribution in [0.2, 0.25) is 0 Å². The second-order valence-electron chi connectivity index (χ2n) is 3.76. The molecule has 0 fully saturated rings. The van der Waals surface area contributed by atoms with Gasteiger partial charge in [0.05, 0.1) is 0 Å². The number of imidazole rings is 1. The Morgan fingerprint density at radius 1 is 1.65 bits per heavy atom. The Labute approximate surface area is 104 Å². The van der Waals surface area contributed by atoms with Crippen molar-refractivity contribution < 1.29 is 4.79 Å². The number of nitrogens with two attached hydrogens (primary N) is 1. The predicted molar refractivity (Wildman–Crippen MR) is 65.9 cm³/mol. The molecule has 0 radical (unpaired) electrons. The average Bonchev–Trinajstić information content (AvgIpc) is 2.66. The molecule has 2 heterocycles. The molecule has 0 bridgehead atoms. The Bertz CT molecular complexity index is 551. The number of hydrogen-bond acceptors (Lipinski definition) is 3. The SMILES string of the molecule is CC(C(N)=O)n1c(CCCl)nc2cccnc21. The minimum atomic E-state index is -0.479. The van der Waals surface area contributed by atoms with E-state index in [1.807, 2.05) is 6.07 Å². The third-order valence-electron chi connectivity index (χ3n) is 2.64. The Hall–Kier alpha value is -1.62. The van der Waals surface area contributed by atoms with Gasteiger partial charge in [-0.2, -0.15) is 0 Å². The van der Waals surface area contributed by atoms with Gasteiger partial charge in [0, 0.05) is 18.5 Å². The highest BCUT2D eigenvalue weighted by Crippen LogP contribution is 2.19. The predicted octanol–water partition coefficient (Wildman–Crippen LogP) is 1.26. The summed E-state index contributed by atoms with van der Waals surface area (Å²) < 4.78 is 1.75. The van der Waals surface area contributed by atoms with Crippen LogP contribution in [0.25, 0.3) is 11.2 Å². The maximum absolute atomic E-state index is 11.3. The molecule has 1 unspecified atom stereocenters. The molecule has 2 aromatic heterocycles. The molecule has 0 aliphatic rings. The lowest BCUT2D eigenvalue weighted by Crippen LogP contribution is -2.25. The summed E-state index contributed by atoms with van der Waals surface area (Å²) in [6.45, 7) is 1.73. The summed E-state index contributed by atoms with van der Waals surface area (Å²) >= 11 is 5.73. The standard InChI is InChI=1S/C11H13ClN4O/c1-7(10(13)17)16-9(4-5-12)15-8-3-2-6-14-11(8)16/h2-3,6-7H,4-5H2,1H3,(H2,13,17). The summed E-state index contributed by atoms with van der Waals surface area (Å²) in [4.78, 5) is 20.0. The second-order valence-corrected chi connectivity index (χ2v) is 4.14. The molecule has 17 heavy (non-hydrogen) atoms. The molecular formula is C11H13ClN4O. The minimum Gasteiger partial charge on any atom is -0.368 e. The summed E-state index contributed by atoms with van der Waals surface area (Å²) in [5, 5.41) is 0. The molecule has 0 aliphatic heterocycles. The van der Waals surface area contributed by atoms with Gasteiger partial charge < -0.3 is 10.3 Å². The fourth-order valence-electron chi connectivity index (χ4n) is 1.77. The number of alkyl halides is 1. The summed E-state index contributed by atoms with van der Waals surface area (Å²) in [5.74, 6) is 0.764. The first-order valence-electron chi connectivity index (χ1n) is 5.32. The van der Waals surface area contributed by atoms with Crippen LogP contribution < -0.4 is 5.73 Å². The van der Waals surface area contributed by atoms with Crippen molar-refractivity contribution in [2.24, 2.45) is 5.73 Å². The van der Waals surface area contributed by atoms with Crippen molar-refractivity contribution in [3.8, 4) is 0 Å². The van der Waals surface area contributed by atoms with Gasteiger partial charge in [0.15, 0.2) is 5.65 Å². The van der Waals surface area contributed by atoms with E-state index in [0.717, 1.165) is 11.3 Å². The Morgan fingerprint density at radius 2 is 2.41 bits per heavy atom. The van der Waals surface area contributed by atoms with Crippen LogP contribution in [0.3, 0.4) is 0 Å². The van der Waals surface area contributed by atoms with E-state index in [2.05, 4.69) is 9.97 Å². The molecule has 0 saturated heterocycles. The number of carbonyl (C=O) groups is 1. The number of pyridine rings is 1. The zero-order valence-electron chi connectivity index (χ0n) is 9.43. The lowest BCUT2D eigenvalue weighted by Gasteiger charge is -2.12. The molecule has 2 N–H and O–H groups in total. The highest BCUT2D eigenvalue weighted by atomic mass is 35.5. The van der Waals surface area contributed by atoms with E-state index in [9.17, 15) is 4.79 Å². The number of hydrogen-bond donors (Lipinski definition) is 1. The van der Waals surface area contributed by atoms with Crippen molar-refractivity contribution in [1.29, 1.82) is 0 Å². The van der Waals surface area contributed by atoms with E-state index >= 15 is 0 Å². The van der Waals surface area contributed by atoms with Gasteiger partial charge in [-0.3, -0.25) is 4.79 Å². The number of carbonyl (C=O) groups excluding carboxylic acids is 1. The molecule has 0 aromatic carbocycles. The molecule has 90 valence electrons. The van der Waals surface area contributed by atoms with E-state index in [0.29, 0.717) is 17.9 Å². The topological polar surface area (TPSA) is 73.8 Å². The van der Waals surface area contributed by atoms with Crippen molar-refractivity contribution in [2.75, 3.05) is 5.88 Å². The maximum Gasteiger partial charge on any atom is 0.240 e. The minimum absolute atomic E-state index is 0.411. The van der Waals surface area contributed by atoms with E-state index in [-0.39, 0.29) is 0 Å². The van der Waals surface area contributed by atoms with Crippen molar-refractivity contribution in [2.45, 2.75) is 19.4 Å². The van der Waals surface area contributed by atoms with Gasteiger partial charge in [-0.25, -0.2) is 9.97 Å². The van der Waals surface area contributed by atoms with Crippen molar-refractivity contribution >= 4 is 28.7 Å². The number of amides is 1. The van der Waals surface area contributed by atoms with E-state index in [4.69, 9.17) is 17.3 Å². The van der Waals surface area contributed by atoms with Crippen LogP contribution in [0.4, 0.5) is 0 Å². The summed E-state index contributed by atoms with van der Waals surface area (Å²) in [6, 6.07) is 3.18. The first kappa shape index (κ1) is 11.9. The first-order chi connectivity index (χ1) is 8.15. The monoisotopic (exact) mass is 252 g/mol. The quantitative estimate of drug-likeness (QED) is 0.833. The second kappa shape index (κ2) is 4.71. The normalized spacial score (nSPS) is 12.8. The number of primary amides is 1. The van der Waals surface area contributed by atoms with E-state index in [1.165, 1.54) is 0 Å². The highest BCUT2D eigenvalue weighted by Gasteiger charge is 2.19. The summed E-state index contributed by atoms with van der Waals surface area (Å²) in [7, 11) is 0. The molecule has 5 nitrogen and oxygen atoms in total. The highest BCUT2D eigenvalue weighted by molar-refractivity contribution is 6.17. The van der Waals surface area contributed by atoms with Crippen LogP contribution in [0.15, 0.2) is 18.3 Å². The molecule has 2 rings (SSSR count). The lowest BCUT2D eigenvalue weighted by atomic mass is 10.3. The third kappa shape index (κ3) is 2.10. The Kier molecular flexibility index (Phi) is 3.28. The van der Waals surface area contributed by atoms with E-state index in [1.54, 1.807) is 23.8 Å². The van der Waals surface area contributed by atoms with Crippen LogP contribution in [0.5, 0.6) is 0 Å². The fraction of sp³-hybridized carbons (Fsp3) is 0.364. The van der Waals surface area contributed by atoms with Crippen LogP contribution in [-0.4, -0.2) is 26.3 Å². The Morgan fingerprint density at radius 3 is 3.06 bits per heavy atom. The maximum atomic E-state index is 11.3. The van der Waals surface area contributed by atoms with Gasteiger partial charge in [-0.1, -0.05) is 0 Å². The molecule has 6 heteroatoms. The number of nitrogens with zero attached hydrogens (tertiary/aromatic N) is 3. The molecule has 0 aliphatic carbocycles. The molecule has 0 spiro atoms. The van der Waals surface area contributed by atoms with Gasteiger partial charge in [0.1, 0.15) is 17.4 Å². The number of aryl methyl sites for hydroxylation is 1. The van der Waals surface area contributed by atoms with Crippen LogP contribution in [-0.2, 0) is 11.2 Å². The van der Waals surface area contributed by atoms with Gasteiger partial charge in [-0.05, 0) is 19.1 Å². The van der Waals surface area contributed by atoms with E-state index < -0.39 is 11.9 Å². The molecule has 1 atom stereocenters. The average molecular weight is 253 g/mol. The number of rotatable bonds is 4. The largest absolute Gasteiger partial charge is 0.368 e. The molecule has 0 saturated carbocycles. The summed E-state index contributed by atoms with van der Waals surface area (Å²) in [6.07, 6.45) is 2.24. The van der Waals surface area contributed by atoms with Gasteiger partial charge in [0.25, 0.3) is 0 Å². The van der Waals surface area contributed by atoms with Gasteiger partial charge in [0.2, 0.25) is 5.91 Å². The fourth-order valence-corrected chi connectivity index (χ4v) is 1.94. The van der Waals surface area contributed by atoms with Crippen LogP contribution in [0, 0.1) is 0 Å². The van der Waals surface area contributed by atoms with Crippen molar-refractivity contribution in [3.63, 3.8) is 0 Å². The van der Waals surface area contributed by atoms with Crippen LogP contribution >= 0.6 is 11.6 Å². The van der Waals surface area contributed by atoms with Crippen molar-refractivity contribution in [3.05, 3.63) is 24.2 Å². The zero-order chi connectivity index (χ0) is 12.4. The van der Waals surface area contributed by atoms with Crippen molar-refractivity contribution in [1.82, 2.24) is 14.5 Å². The number of halogens is 1. The smallest absolute Gasteiger partial charge is 0.240 e. The Balaban J connectivity index is 2.63. The summed E-state index contributed by atoms with van der Waals surface area (Å²) in [5.41, 5.74) is 6.75.